The summed E-state index contributed by atoms with van der Waals surface area (Å²) < 4.78 is 0. The van der Waals surface area contributed by atoms with Crippen molar-refractivity contribution in [2.45, 2.75) is 32.6 Å². The molecule has 0 atom stereocenters. The third kappa shape index (κ3) is 1.97. The Bertz CT molecular complexity index is 281. The Hall–Kier alpha value is -1.12. The predicted molar refractivity (Wildman–Crippen MR) is 54.9 cm³/mol. The summed E-state index contributed by atoms with van der Waals surface area (Å²) in [5, 5.41) is 3.06. The van der Waals surface area contributed by atoms with Gasteiger partial charge in [-0.3, -0.25) is 4.98 Å². The van der Waals surface area contributed by atoms with Gasteiger partial charge in [0.25, 0.3) is 0 Å². The molecule has 0 bridgehead atoms. The number of aromatic nitrogens is 2. The quantitative estimate of drug-likeness (QED) is 0.773. The summed E-state index contributed by atoms with van der Waals surface area (Å²) in [5.74, 6) is 0.884. The van der Waals surface area contributed by atoms with E-state index in [1.54, 1.807) is 12.4 Å². The fourth-order valence-electron chi connectivity index (χ4n) is 1.18. The van der Waals surface area contributed by atoms with Crippen LogP contribution in [0.1, 0.15) is 32.9 Å². The number of hydrogen-bond acceptors (Lipinski definition) is 3. The average molecular weight is 179 g/mol. The fraction of sp³-hybridized carbons (Fsp3) is 0.600. The maximum Gasteiger partial charge on any atom is 0.148 e. The first-order valence-electron chi connectivity index (χ1n) is 4.61. The Morgan fingerprint density at radius 3 is 2.46 bits per heavy atom. The number of nitrogens with zero attached hydrogens (tertiary/aromatic N) is 2. The number of nitrogens with one attached hydrogen (secondary N) is 1. The highest BCUT2D eigenvalue weighted by Gasteiger charge is 2.23. The van der Waals surface area contributed by atoms with Gasteiger partial charge < -0.3 is 5.32 Å². The van der Waals surface area contributed by atoms with Crippen LogP contribution in [-0.2, 0) is 5.41 Å². The second-order valence-electron chi connectivity index (χ2n) is 3.74. The van der Waals surface area contributed by atoms with Crippen LogP contribution in [0.15, 0.2) is 12.4 Å². The minimum Gasteiger partial charge on any atom is -0.372 e. The van der Waals surface area contributed by atoms with Crippen LogP contribution >= 0.6 is 0 Å². The Labute approximate surface area is 79.6 Å². The molecule has 1 aromatic heterocycles. The van der Waals surface area contributed by atoms with Crippen LogP contribution in [0, 0.1) is 0 Å². The van der Waals surface area contributed by atoms with Gasteiger partial charge in [-0.05, 0) is 6.42 Å². The van der Waals surface area contributed by atoms with Crippen molar-refractivity contribution in [1.82, 2.24) is 9.97 Å². The molecule has 0 spiro atoms. The monoisotopic (exact) mass is 179 g/mol. The van der Waals surface area contributed by atoms with Crippen molar-refractivity contribution in [3.8, 4) is 0 Å². The van der Waals surface area contributed by atoms with Crippen molar-refractivity contribution < 1.29 is 0 Å². The molecule has 1 heterocycles. The van der Waals surface area contributed by atoms with E-state index in [1.165, 1.54) is 0 Å². The lowest BCUT2D eigenvalue weighted by molar-refractivity contribution is 0.490. The second kappa shape index (κ2) is 3.73. The second-order valence-corrected chi connectivity index (χ2v) is 3.74. The van der Waals surface area contributed by atoms with Gasteiger partial charge in [0.15, 0.2) is 0 Å². The van der Waals surface area contributed by atoms with E-state index in [9.17, 15) is 0 Å². The van der Waals surface area contributed by atoms with Crippen LogP contribution in [0.25, 0.3) is 0 Å². The number of anilines is 1. The van der Waals surface area contributed by atoms with Gasteiger partial charge in [-0.15, -0.1) is 0 Å². The van der Waals surface area contributed by atoms with Crippen molar-refractivity contribution in [1.29, 1.82) is 0 Å². The molecule has 1 N–H and O–H groups in total. The zero-order valence-corrected chi connectivity index (χ0v) is 8.76. The molecular weight excluding hydrogens is 162 g/mol. The van der Waals surface area contributed by atoms with Crippen molar-refractivity contribution >= 4 is 5.82 Å². The summed E-state index contributed by atoms with van der Waals surface area (Å²) in [7, 11) is 1.87. The SMILES string of the molecule is CCC(C)(C)c1nccnc1NC. The standard InChI is InChI=1S/C10H17N3/c1-5-10(2,3)8-9(11-4)13-7-6-12-8/h6-7H,5H2,1-4H3,(H,11,13). The van der Waals surface area contributed by atoms with Crippen LogP contribution in [0.5, 0.6) is 0 Å². The summed E-state index contributed by atoms with van der Waals surface area (Å²) >= 11 is 0. The Morgan fingerprint density at radius 1 is 1.31 bits per heavy atom. The van der Waals surface area contributed by atoms with Gasteiger partial charge >= 0.3 is 0 Å². The molecule has 0 aliphatic rings. The first-order chi connectivity index (χ1) is 6.11. The van der Waals surface area contributed by atoms with Gasteiger partial charge in [-0.1, -0.05) is 20.8 Å². The van der Waals surface area contributed by atoms with E-state index in [1.807, 2.05) is 7.05 Å². The van der Waals surface area contributed by atoms with E-state index in [4.69, 9.17) is 0 Å². The van der Waals surface area contributed by atoms with E-state index in [2.05, 4.69) is 36.1 Å². The van der Waals surface area contributed by atoms with Crippen LogP contribution in [-0.4, -0.2) is 17.0 Å². The van der Waals surface area contributed by atoms with Gasteiger partial charge in [0, 0.05) is 24.9 Å². The summed E-state index contributed by atoms with van der Waals surface area (Å²) in [6.45, 7) is 6.52. The highest BCUT2D eigenvalue weighted by atomic mass is 15.0. The molecule has 72 valence electrons. The smallest absolute Gasteiger partial charge is 0.148 e. The Balaban J connectivity index is 3.12. The van der Waals surface area contributed by atoms with Gasteiger partial charge in [0.2, 0.25) is 0 Å². The van der Waals surface area contributed by atoms with Crippen molar-refractivity contribution in [3.05, 3.63) is 18.1 Å². The largest absolute Gasteiger partial charge is 0.372 e. The van der Waals surface area contributed by atoms with Crippen LogP contribution in [0.4, 0.5) is 5.82 Å². The molecule has 1 rings (SSSR count). The van der Waals surface area contributed by atoms with Gasteiger partial charge in [-0.2, -0.15) is 0 Å². The molecule has 3 nitrogen and oxygen atoms in total. The molecule has 0 fully saturated rings. The van der Waals surface area contributed by atoms with Gasteiger partial charge in [0.1, 0.15) is 5.82 Å². The molecular formula is C10H17N3. The third-order valence-corrected chi connectivity index (χ3v) is 2.46. The molecule has 0 saturated heterocycles. The number of hydrogen-bond donors (Lipinski definition) is 1. The zero-order chi connectivity index (χ0) is 9.90. The molecule has 0 amide bonds. The lowest BCUT2D eigenvalue weighted by Crippen LogP contribution is -2.20. The maximum atomic E-state index is 4.37. The Kier molecular flexibility index (Phi) is 2.86. The summed E-state index contributed by atoms with van der Waals surface area (Å²) in [4.78, 5) is 8.60. The van der Waals surface area contributed by atoms with Gasteiger partial charge in [-0.25, -0.2) is 4.98 Å². The van der Waals surface area contributed by atoms with E-state index < -0.39 is 0 Å². The highest BCUT2D eigenvalue weighted by molar-refractivity contribution is 5.42. The molecule has 0 aliphatic carbocycles. The van der Waals surface area contributed by atoms with E-state index in [-0.39, 0.29) is 5.41 Å². The first kappa shape index (κ1) is 9.96. The molecule has 0 unspecified atom stereocenters. The normalized spacial score (nSPS) is 11.4. The molecule has 13 heavy (non-hydrogen) atoms. The molecule has 3 heteroatoms. The van der Waals surface area contributed by atoms with E-state index in [0.717, 1.165) is 17.9 Å². The van der Waals surface area contributed by atoms with Crippen LogP contribution in [0.3, 0.4) is 0 Å². The van der Waals surface area contributed by atoms with Crippen LogP contribution < -0.4 is 5.32 Å². The lowest BCUT2D eigenvalue weighted by Gasteiger charge is -2.23. The summed E-state index contributed by atoms with van der Waals surface area (Å²) in [6.07, 6.45) is 4.51. The molecule has 0 saturated carbocycles. The van der Waals surface area contributed by atoms with E-state index in [0.29, 0.717) is 0 Å². The first-order valence-corrected chi connectivity index (χ1v) is 4.61. The van der Waals surface area contributed by atoms with Gasteiger partial charge in [0.05, 0.1) is 5.69 Å². The topological polar surface area (TPSA) is 37.8 Å². The summed E-state index contributed by atoms with van der Waals surface area (Å²) in [5.41, 5.74) is 1.13. The number of rotatable bonds is 3. The molecule has 0 aliphatic heterocycles. The van der Waals surface area contributed by atoms with Crippen LogP contribution in [0.2, 0.25) is 0 Å². The molecule has 1 aromatic rings. The van der Waals surface area contributed by atoms with Crippen molar-refractivity contribution in [3.63, 3.8) is 0 Å². The lowest BCUT2D eigenvalue weighted by atomic mass is 9.86. The minimum atomic E-state index is 0.0899. The van der Waals surface area contributed by atoms with E-state index >= 15 is 0 Å². The fourth-order valence-corrected chi connectivity index (χ4v) is 1.18. The van der Waals surface area contributed by atoms with Crippen molar-refractivity contribution in [2.75, 3.05) is 12.4 Å². The average Bonchev–Trinajstić information content (AvgIpc) is 2.18. The molecule has 0 radical (unpaired) electrons. The molecule has 0 aromatic carbocycles. The Morgan fingerprint density at radius 2 is 1.92 bits per heavy atom. The minimum absolute atomic E-state index is 0.0899. The predicted octanol–water partition coefficient (Wildman–Crippen LogP) is 2.21. The third-order valence-electron chi connectivity index (χ3n) is 2.46. The summed E-state index contributed by atoms with van der Waals surface area (Å²) in [6, 6.07) is 0. The highest BCUT2D eigenvalue weighted by Crippen LogP contribution is 2.28. The zero-order valence-electron chi connectivity index (χ0n) is 8.76. The van der Waals surface area contributed by atoms with Crippen molar-refractivity contribution in [2.24, 2.45) is 0 Å². The maximum absolute atomic E-state index is 4.37.